The van der Waals surface area contributed by atoms with Gasteiger partial charge >= 0.3 is 5.97 Å². The number of methoxy groups -OCH3 is 1. The molecule has 4 aliphatic carbocycles. The van der Waals surface area contributed by atoms with Gasteiger partial charge in [-0.15, -0.1) is 0 Å². The molecule has 0 unspecified atom stereocenters. The van der Waals surface area contributed by atoms with Gasteiger partial charge in [0.1, 0.15) is 5.54 Å². The smallest absolute Gasteiger partial charge is 0.326 e. The van der Waals surface area contributed by atoms with Gasteiger partial charge in [-0.1, -0.05) is 0 Å². The molecule has 0 aromatic heterocycles. The van der Waals surface area contributed by atoms with Crippen LogP contribution in [0, 0.1) is 23.7 Å². The number of nitrogens with one attached hydrogen (secondary N) is 1. The van der Waals surface area contributed by atoms with Crippen LogP contribution in [0.5, 0.6) is 0 Å². The summed E-state index contributed by atoms with van der Waals surface area (Å²) in [4.78, 5) is 15.5. The van der Waals surface area contributed by atoms with E-state index in [1.807, 2.05) is 0 Å². The van der Waals surface area contributed by atoms with E-state index in [-0.39, 0.29) is 11.5 Å². The van der Waals surface area contributed by atoms with E-state index in [4.69, 9.17) is 4.74 Å². The van der Waals surface area contributed by atoms with Crippen molar-refractivity contribution >= 4 is 5.97 Å². The molecule has 1 aliphatic heterocycles. The normalized spacial score (nSPS) is 46.3. The molecule has 5 rings (SSSR count). The average molecular weight is 292 g/mol. The zero-order valence-electron chi connectivity index (χ0n) is 13.1. The number of hydrogen-bond acceptors (Lipinski definition) is 4. The van der Waals surface area contributed by atoms with Gasteiger partial charge in [-0.25, -0.2) is 0 Å². The molecule has 0 radical (unpaired) electrons. The van der Waals surface area contributed by atoms with E-state index in [2.05, 4.69) is 10.2 Å². The first-order valence-electron chi connectivity index (χ1n) is 8.79. The fourth-order valence-corrected chi connectivity index (χ4v) is 6.26. The molecule has 1 heterocycles. The van der Waals surface area contributed by atoms with Gasteiger partial charge in [0.15, 0.2) is 0 Å². The molecule has 1 N–H and O–H groups in total. The lowest BCUT2D eigenvalue weighted by atomic mass is 9.48. The molecule has 4 saturated carbocycles. The van der Waals surface area contributed by atoms with E-state index < -0.39 is 0 Å². The molecule has 0 spiro atoms. The van der Waals surface area contributed by atoms with Crippen molar-refractivity contribution in [2.75, 3.05) is 33.3 Å². The van der Waals surface area contributed by atoms with Crippen LogP contribution in [-0.4, -0.2) is 49.7 Å². The van der Waals surface area contributed by atoms with Gasteiger partial charge in [0, 0.05) is 19.6 Å². The minimum atomic E-state index is -0.297. The van der Waals surface area contributed by atoms with Gasteiger partial charge in [0.05, 0.1) is 7.11 Å². The Morgan fingerprint density at radius 3 is 2.33 bits per heavy atom. The summed E-state index contributed by atoms with van der Waals surface area (Å²) in [5.41, 5.74) is -0.297. The van der Waals surface area contributed by atoms with Crippen molar-refractivity contribution < 1.29 is 9.53 Å². The molecule has 21 heavy (non-hydrogen) atoms. The Bertz CT molecular complexity index is 387. The van der Waals surface area contributed by atoms with Crippen molar-refractivity contribution in [1.82, 2.24) is 10.2 Å². The van der Waals surface area contributed by atoms with Gasteiger partial charge in [0.25, 0.3) is 0 Å². The second-order valence-corrected chi connectivity index (χ2v) is 7.71. The van der Waals surface area contributed by atoms with Crippen molar-refractivity contribution in [3.05, 3.63) is 0 Å². The summed E-state index contributed by atoms with van der Waals surface area (Å²) in [5.74, 6) is 2.92. The fraction of sp³-hybridized carbons (Fsp3) is 0.941. The second kappa shape index (κ2) is 5.24. The van der Waals surface area contributed by atoms with E-state index in [0.29, 0.717) is 11.8 Å². The van der Waals surface area contributed by atoms with Crippen molar-refractivity contribution in [1.29, 1.82) is 0 Å². The van der Waals surface area contributed by atoms with E-state index in [0.717, 1.165) is 44.4 Å². The topological polar surface area (TPSA) is 41.6 Å². The molecule has 0 aromatic rings. The molecule has 5 aliphatic rings. The number of esters is 1. The van der Waals surface area contributed by atoms with Crippen LogP contribution in [0.25, 0.3) is 0 Å². The summed E-state index contributed by atoms with van der Waals surface area (Å²) in [6.07, 6.45) is 7.59. The van der Waals surface area contributed by atoms with Crippen molar-refractivity contribution in [3.8, 4) is 0 Å². The van der Waals surface area contributed by atoms with Crippen LogP contribution in [0.1, 0.15) is 38.5 Å². The minimum Gasteiger partial charge on any atom is -0.468 e. The molecule has 5 fully saturated rings. The number of carbonyl (C=O) groups excluding carboxylic acids is 1. The molecule has 4 nitrogen and oxygen atoms in total. The van der Waals surface area contributed by atoms with E-state index in [1.54, 1.807) is 7.11 Å². The van der Waals surface area contributed by atoms with Gasteiger partial charge in [-0.3, -0.25) is 9.69 Å². The molecule has 4 heteroatoms. The molecular formula is C17H28N2O2. The predicted octanol–water partition coefficient (Wildman–Crippen LogP) is 1.65. The summed E-state index contributed by atoms with van der Waals surface area (Å²) in [6, 6.07) is 0. The van der Waals surface area contributed by atoms with E-state index in [9.17, 15) is 4.79 Å². The minimum absolute atomic E-state index is 0.0678. The maximum atomic E-state index is 13.0. The third-order valence-electron chi connectivity index (χ3n) is 6.76. The van der Waals surface area contributed by atoms with Gasteiger partial charge in [0.2, 0.25) is 0 Å². The Labute approximate surface area is 127 Å². The second-order valence-electron chi connectivity index (χ2n) is 7.71. The molecule has 0 atom stereocenters. The van der Waals surface area contributed by atoms with E-state index >= 15 is 0 Å². The fourth-order valence-electron chi connectivity index (χ4n) is 6.26. The standard InChI is InChI=1S/C17H28N2O2/c1-21-16(20)17(19-5-2-3-18-4-6-19)14-8-12-7-13(10-14)11-15(17)9-12/h12-15,18H,2-11H2,1H3. The maximum absolute atomic E-state index is 13.0. The van der Waals surface area contributed by atoms with E-state index in [1.165, 1.54) is 32.1 Å². The monoisotopic (exact) mass is 292 g/mol. The van der Waals surface area contributed by atoms with Crippen LogP contribution < -0.4 is 5.32 Å². The lowest BCUT2D eigenvalue weighted by Gasteiger charge is -2.62. The number of carbonyl (C=O) groups is 1. The Kier molecular flexibility index (Phi) is 3.49. The highest BCUT2D eigenvalue weighted by molar-refractivity contribution is 5.82. The predicted molar refractivity (Wildman–Crippen MR) is 80.9 cm³/mol. The maximum Gasteiger partial charge on any atom is 0.326 e. The number of ether oxygens (including phenoxy) is 1. The molecule has 0 amide bonds. The van der Waals surface area contributed by atoms with Crippen LogP contribution >= 0.6 is 0 Å². The summed E-state index contributed by atoms with van der Waals surface area (Å²) >= 11 is 0. The summed E-state index contributed by atoms with van der Waals surface area (Å²) in [5, 5.41) is 3.48. The highest BCUT2D eigenvalue weighted by Crippen LogP contribution is 2.60. The number of hydrogen-bond donors (Lipinski definition) is 1. The van der Waals surface area contributed by atoms with Crippen LogP contribution in [-0.2, 0) is 9.53 Å². The Hall–Kier alpha value is -0.610. The Morgan fingerprint density at radius 2 is 1.71 bits per heavy atom. The van der Waals surface area contributed by atoms with Crippen LogP contribution in [0.3, 0.4) is 0 Å². The summed E-state index contributed by atoms with van der Waals surface area (Å²) in [7, 11) is 1.59. The molecule has 1 saturated heterocycles. The zero-order chi connectivity index (χ0) is 14.4. The largest absolute Gasteiger partial charge is 0.468 e. The number of rotatable bonds is 2. The molecule has 4 bridgehead atoms. The van der Waals surface area contributed by atoms with Crippen molar-refractivity contribution in [3.63, 3.8) is 0 Å². The lowest BCUT2D eigenvalue weighted by molar-refractivity contribution is -0.188. The number of nitrogens with zero attached hydrogens (tertiary/aromatic N) is 1. The lowest BCUT2D eigenvalue weighted by Crippen LogP contribution is -2.70. The summed E-state index contributed by atoms with van der Waals surface area (Å²) < 4.78 is 5.37. The Morgan fingerprint density at radius 1 is 1.05 bits per heavy atom. The SMILES string of the molecule is COC(=O)C1(N2CCCNCC2)C2CC3CC(C2)CC1C3. The quantitative estimate of drug-likeness (QED) is 0.786. The van der Waals surface area contributed by atoms with Crippen LogP contribution in [0.4, 0.5) is 0 Å². The molecule has 0 aromatic carbocycles. The van der Waals surface area contributed by atoms with Gasteiger partial charge in [-0.05, 0) is 68.7 Å². The van der Waals surface area contributed by atoms with Crippen LogP contribution in [0.15, 0.2) is 0 Å². The molecule has 118 valence electrons. The van der Waals surface area contributed by atoms with Gasteiger partial charge in [-0.2, -0.15) is 0 Å². The third kappa shape index (κ3) is 1.98. The van der Waals surface area contributed by atoms with Crippen molar-refractivity contribution in [2.45, 2.75) is 44.1 Å². The first-order valence-corrected chi connectivity index (χ1v) is 8.79. The van der Waals surface area contributed by atoms with Crippen molar-refractivity contribution in [2.24, 2.45) is 23.7 Å². The molecular weight excluding hydrogens is 264 g/mol. The Balaban J connectivity index is 1.72. The summed E-state index contributed by atoms with van der Waals surface area (Å²) in [6.45, 7) is 4.13. The zero-order valence-corrected chi connectivity index (χ0v) is 13.1. The highest BCUT2D eigenvalue weighted by Gasteiger charge is 2.64. The first-order chi connectivity index (χ1) is 10.2. The average Bonchev–Trinajstić information content (AvgIpc) is 2.76. The highest BCUT2D eigenvalue weighted by atomic mass is 16.5. The first kappa shape index (κ1) is 14.0. The third-order valence-corrected chi connectivity index (χ3v) is 6.76. The van der Waals surface area contributed by atoms with Crippen LogP contribution in [0.2, 0.25) is 0 Å². The van der Waals surface area contributed by atoms with Gasteiger partial charge < -0.3 is 10.1 Å².